The molecular weight excluding hydrogens is 490 g/mol. The van der Waals surface area contributed by atoms with Crippen LogP contribution in [0.1, 0.15) is 17.3 Å². The van der Waals surface area contributed by atoms with E-state index in [0.717, 1.165) is 9.86 Å². The first-order valence-corrected chi connectivity index (χ1v) is 10.3. The Kier molecular flexibility index (Phi) is 5.31. The summed E-state index contributed by atoms with van der Waals surface area (Å²) in [5, 5.41) is 3.76. The van der Waals surface area contributed by atoms with E-state index in [4.69, 9.17) is 23.8 Å². The summed E-state index contributed by atoms with van der Waals surface area (Å²) in [5.74, 6) is -1.35. The molecule has 2 heterocycles. The third-order valence-electron chi connectivity index (χ3n) is 4.62. The highest BCUT2D eigenvalue weighted by Crippen LogP contribution is 2.29. The van der Waals surface area contributed by atoms with Crippen LogP contribution in [0.25, 0.3) is 17.0 Å². The Morgan fingerprint density at radius 2 is 1.87 bits per heavy atom. The van der Waals surface area contributed by atoms with Gasteiger partial charge in [-0.3, -0.25) is 29.2 Å². The van der Waals surface area contributed by atoms with Crippen molar-refractivity contribution in [2.24, 2.45) is 0 Å². The number of benzene rings is 2. The van der Waals surface area contributed by atoms with Crippen molar-refractivity contribution < 1.29 is 14.4 Å². The number of hydrogen-bond donors (Lipinski definition) is 1. The monoisotopic (exact) mass is 501 g/mol. The van der Waals surface area contributed by atoms with E-state index in [1.807, 2.05) is 12.1 Å². The number of anilines is 1. The van der Waals surface area contributed by atoms with E-state index >= 15 is 0 Å². The Morgan fingerprint density at radius 1 is 1.17 bits per heavy atom. The average molecular weight is 503 g/mol. The van der Waals surface area contributed by atoms with Gasteiger partial charge >= 0.3 is 0 Å². The van der Waals surface area contributed by atoms with Gasteiger partial charge in [-0.15, -0.1) is 0 Å². The van der Waals surface area contributed by atoms with E-state index in [0.29, 0.717) is 21.8 Å². The summed E-state index contributed by atoms with van der Waals surface area (Å²) in [7, 11) is 0. The molecule has 30 heavy (non-hydrogen) atoms. The van der Waals surface area contributed by atoms with Crippen LogP contribution in [0, 0.1) is 0 Å². The molecule has 3 aromatic rings. The standard InChI is InChI=1S/C21H13BrClN3O3S/c1-11(27)25-10-12(16-9-13(22)2-7-18(16)25)8-17-19(28)24-21(30)26(20(17)29)15-5-3-14(23)4-6-15/h2-10H,1H3,(H,24,28,30). The molecule has 0 unspecified atom stereocenters. The fraction of sp³-hybridized carbons (Fsp3) is 0.0476. The van der Waals surface area contributed by atoms with Crippen LogP contribution in [0.5, 0.6) is 0 Å². The van der Waals surface area contributed by atoms with E-state index in [9.17, 15) is 14.4 Å². The lowest BCUT2D eigenvalue weighted by molar-refractivity contribution is -0.122. The van der Waals surface area contributed by atoms with Gasteiger partial charge in [0.25, 0.3) is 11.8 Å². The van der Waals surface area contributed by atoms with Crippen molar-refractivity contribution in [3.8, 4) is 0 Å². The Labute approximate surface area is 190 Å². The highest BCUT2D eigenvalue weighted by Gasteiger charge is 2.34. The summed E-state index contributed by atoms with van der Waals surface area (Å²) in [5.41, 5.74) is 1.62. The molecule has 1 saturated heterocycles. The molecule has 0 bridgehead atoms. The lowest BCUT2D eigenvalue weighted by Gasteiger charge is -2.28. The zero-order valence-electron chi connectivity index (χ0n) is 15.5. The second kappa shape index (κ2) is 7.79. The molecule has 9 heteroatoms. The van der Waals surface area contributed by atoms with Crippen LogP contribution in [0.15, 0.2) is 58.7 Å². The normalized spacial score (nSPS) is 15.8. The number of fused-ring (bicyclic) bond motifs is 1. The van der Waals surface area contributed by atoms with Gasteiger partial charge in [0.2, 0.25) is 5.91 Å². The zero-order valence-corrected chi connectivity index (χ0v) is 18.6. The van der Waals surface area contributed by atoms with Crippen molar-refractivity contribution in [3.05, 3.63) is 69.3 Å². The first-order valence-electron chi connectivity index (χ1n) is 8.75. The molecule has 2 amide bonds. The van der Waals surface area contributed by atoms with E-state index < -0.39 is 11.8 Å². The third-order valence-corrected chi connectivity index (χ3v) is 5.65. The number of nitrogens with one attached hydrogen (secondary N) is 1. The number of hydrogen-bond acceptors (Lipinski definition) is 4. The maximum absolute atomic E-state index is 13.2. The molecule has 0 spiro atoms. The van der Waals surface area contributed by atoms with Gasteiger partial charge in [0, 0.05) is 33.6 Å². The second-order valence-corrected chi connectivity index (χ2v) is 8.31. The number of halogens is 2. The third kappa shape index (κ3) is 3.58. The van der Waals surface area contributed by atoms with E-state index in [1.54, 1.807) is 36.5 Å². The van der Waals surface area contributed by atoms with Crippen molar-refractivity contribution in [3.63, 3.8) is 0 Å². The van der Waals surface area contributed by atoms with Crippen LogP contribution in [-0.4, -0.2) is 27.4 Å². The summed E-state index contributed by atoms with van der Waals surface area (Å²) in [6, 6.07) is 12.0. The van der Waals surface area contributed by atoms with Gasteiger partial charge in [0.05, 0.1) is 11.2 Å². The molecule has 4 rings (SSSR count). The molecule has 1 aliphatic heterocycles. The van der Waals surface area contributed by atoms with Crippen LogP contribution >= 0.6 is 39.7 Å². The first kappa shape index (κ1) is 20.5. The van der Waals surface area contributed by atoms with Gasteiger partial charge in [-0.2, -0.15) is 0 Å². The average Bonchev–Trinajstić information content (AvgIpc) is 3.04. The molecule has 1 fully saturated rings. The largest absolute Gasteiger partial charge is 0.298 e. The second-order valence-electron chi connectivity index (χ2n) is 6.57. The summed E-state index contributed by atoms with van der Waals surface area (Å²) in [4.78, 5) is 39.0. The lowest BCUT2D eigenvalue weighted by atomic mass is 10.1. The van der Waals surface area contributed by atoms with E-state index in [1.165, 1.54) is 22.5 Å². The fourth-order valence-corrected chi connectivity index (χ4v) is 4.01. The minimum atomic E-state index is -0.603. The quantitative estimate of drug-likeness (QED) is 0.317. The van der Waals surface area contributed by atoms with Gasteiger partial charge in [0.15, 0.2) is 5.11 Å². The van der Waals surface area contributed by atoms with Crippen LogP contribution in [-0.2, 0) is 9.59 Å². The Balaban J connectivity index is 1.85. The van der Waals surface area contributed by atoms with Crippen molar-refractivity contribution in [2.75, 3.05) is 4.90 Å². The van der Waals surface area contributed by atoms with Crippen molar-refractivity contribution in [1.82, 2.24) is 9.88 Å². The summed E-state index contributed by atoms with van der Waals surface area (Å²) >= 11 is 14.6. The molecule has 0 aliphatic carbocycles. The van der Waals surface area contributed by atoms with E-state index in [-0.39, 0.29) is 16.6 Å². The number of rotatable bonds is 2. The topological polar surface area (TPSA) is 71.4 Å². The predicted octanol–water partition coefficient (Wildman–Crippen LogP) is 4.55. The van der Waals surface area contributed by atoms with Crippen LogP contribution in [0.4, 0.5) is 5.69 Å². The molecule has 1 aromatic heterocycles. The van der Waals surface area contributed by atoms with Crippen molar-refractivity contribution in [1.29, 1.82) is 0 Å². The molecule has 0 radical (unpaired) electrons. The predicted molar refractivity (Wildman–Crippen MR) is 124 cm³/mol. The van der Waals surface area contributed by atoms with Crippen LogP contribution in [0.3, 0.4) is 0 Å². The summed E-state index contributed by atoms with van der Waals surface area (Å²) < 4.78 is 2.28. The molecule has 1 aliphatic rings. The highest BCUT2D eigenvalue weighted by atomic mass is 79.9. The smallest absolute Gasteiger partial charge is 0.270 e. The number of amides is 2. The molecule has 150 valence electrons. The molecule has 2 aromatic carbocycles. The minimum absolute atomic E-state index is 0.0154. The lowest BCUT2D eigenvalue weighted by Crippen LogP contribution is -2.54. The maximum atomic E-state index is 13.2. The van der Waals surface area contributed by atoms with Crippen LogP contribution in [0.2, 0.25) is 5.02 Å². The summed E-state index contributed by atoms with van der Waals surface area (Å²) in [6.07, 6.45) is 3.07. The Bertz CT molecular complexity index is 1280. The minimum Gasteiger partial charge on any atom is -0.298 e. The molecule has 6 nitrogen and oxygen atoms in total. The Hall–Kier alpha value is -2.81. The number of carbonyl (C=O) groups excluding carboxylic acids is 3. The van der Waals surface area contributed by atoms with Crippen LogP contribution < -0.4 is 10.2 Å². The molecular formula is C21H13BrClN3O3S. The van der Waals surface area contributed by atoms with Gasteiger partial charge in [-0.1, -0.05) is 27.5 Å². The van der Waals surface area contributed by atoms with E-state index in [2.05, 4.69) is 21.2 Å². The number of aromatic nitrogens is 1. The number of thiocarbonyl (C=S) groups is 1. The molecule has 0 atom stereocenters. The number of nitrogens with zero attached hydrogens (tertiary/aromatic N) is 2. The first-order chi connectivity index (χ1) is 14.3. The highest BCUT2D eigenvalue weighted by molar-refractivity contribution is 9.10. The van der Waals surface area contributed by atoms with Gasteiger partial charge < -0.3 is 0 Å². The Morgan fingerprint density at radius 3 is 2.53 bits per heavy atom. The molecule has 1 N–H and O–H groups in total. The van der Waals surface area contributed by atoms with Gasteiger partial charge in [-0.25, -0.2) is 0 Å². The number of carbonyl (C=O) groups is 3. The van der Waals surface area contributed by atoms with Gasteiger partial charge in [0.1, 0.15) is 5.57 Å². The van der Waals surface area contributed by atoms with Gasteiger partial charge in [-0.05, 0) is 60.8 Å². The SMILES string of the molecule is CC(=O)n1cc(C=C2C(=O)NC(=S)N(c3ccc(Cl)cc3)C2=O)c2cc(Br)ccc21. The van der Waals surface area contributed by atoms with Crippen molar-refractivity contribution >= 4 is 85.2 Å². The summed E-state index contributed by atoms with van der Waals surface area (Å²) in [6.45, 7) is 1.44. The van der Waals surface area contributed by atoms with Crippen molar-refractivity contribution in [2.45, 2.75) is 6.92 Å². The molecule has 0 saturated carbocycles. The maximum Gasteiger partial charge on any atom is 0.270 e. The fourth-order valence-electron chi connectivity index (χ4n) is 3.24. The zero-order chi connectivity index (χ0) is 21.6.